The fourth-order valence-corrected chi connectivity index (χ4v) is 3.62. The van der Waals surface area contributed by atoms with Crippen LogP contribution in [0.1, 0.15) is 40.9 Å². The Bertz CT molecular complexity index is 1230. The van der Waals surface area contributed by atoms with E-state index in [1.54, 1.807) is 42.5 Å². The smallest absolute Gasteiger partial charge is 0.304 e. The van der Waals surface area contributed by atoms with E-state index in [0.717, 1.165) is 25.0 Å². The number of unbranched alkanes of at least 4 members (excludes halogenated alkanes) is 1. The molecule has 1 aliphatic rings. The molecule has 4 aromatic rings. The van der Waals surface area contributed by atoms with Crippen LogP contribution in [0.3, 0.4) is 0 Å². The molecule has 2 heterocycles. The number of aryl methyl sites for hydroxylation is 1. The second-order valence-corrected chi connectivity index (χ2v) is 7.76. The summed E-state index contributed by atoms with van der Waals surface area (Å²) in [7, 11) is 0. The van der Waals surface area contributed by atoms with Crippen molar-refractivity contribution in [2.24, 2.45) is 0 Å². The molecule has 2 N–H and O–H groups in total. The van der Waals surface area contributed by atoms with E-state index in [4.69, 9.17) is 14.2 Å². The molecule has 1 unspecified atom stereocenters. The number of anilines is 1. The molecule has 5 rings (SSSR count). The summed E-state index contributed by atoms with van der Waals surface area (Å²) < 4.78 is 17.3. The third-order valence-corrected chi connectivity index (χ3v) is 5.36. The first-order valence-electron chi connectivity index (χ1n) is 11.0. The van der Waals surface area contributed by atoms with Crippen molar-refractivity contribution in [3.63, 3.8) is 0 Å². The highest BCUT2D eigenvalue weighted by atomic mass is 16.7. The van der Waals surface area contributed by atoms with Crippen LogP contribution in [0.25, 0.3) is 0 Å². The number of carbonyl (C=O) groups excluding carboxylic acids is 1. The van der Waals surface area contributed by atoms with E-state index in [9.17, 15) is 4.79 Å². The fourth-order valence-electron chi connectivity index (χ4n) is 3.62. The van der Waals surface area contributed by atoms with Gasteiger partial charge in [0.05, 0.1) is 12.3 Å². The van der Waals surface area contributed by atoms with Crippen molar-refractivity contribution in [3.05, 3.63) is 89.7 Å². The number of aromatic amines is 1. The predicted octanol–water partition coefficient (Wildman–Crippen LogP) is 4.32. The number of rotatable bonds is 9. The summed E-state index contributed by atoms with van der Waals surface area (Å²) in [5.74, 6) is 1.72. The third kappa shape index (κ3) is 4.98. The first-order chi connectivity index (χ1) is 16.8. The topological polar surface area (TPSA) is 111 Å². The van der Waals surface area contributed by atoms with Gasteiger partial charge in [-0.3, -0.25) is 4.79 Å². The number of nitrogens with zero attached hydrogens (tertiary/aromatic N) is 3. The molecule has 34 heavy (non-hydrogen) atoms. The minimum Gasteiger partial charge on any atom is -0.494 e. The molecule has 0 bridgehead atoms. The van der Waals surface area contributed by atoms with Crippen molar-refractivity contribution < 1.29 is 19.0 Å². The summed E-state index contributed by atoms with van der Waals surface area (Å²) >= 11 is 0. The summed E-state index contributed by atoms with van der Waals surface area (Å²) in [5, 5.41) is 16.3. The van der Waals surface area contributed by atoms with Gasteiger partial charge in [0.2, 0.25) is 5.82 Å². The Morgan fingerprint density at radius 1 is 0.971 bits per heavy atom. The number of ether oxygens (including phenoxy) is 3. The van der Waals surface area contributed by atoms with E-state index in [0.29, 0.717) is 35.2 Å². The van der Waals surface area contributed by atoms with Gasteiger partial charge in [-0.05, 0) is 71.7 Å². The van der Waals surface area contributed by atoms with Crippen LogP contribution in [-0.4, -0.2) is 33.1 Å². The largest absolute Gasteiger partial charge is 0.494 e. The lowest BCUT2D eigenvalue weighted by molar-refractivity contribution is 0.0407. The maximum Gasteiger partial charge on any atom is 0.304 e. The normalized spacial score (nSPS) is 14.1. The molecular weight excluding hydrogens is 434 g/mol. The fraction of sp³-hybridized carbons (Fsp3) is 0.200. The number of H-pyrrole nitrogens is 1. The SMILES string of the molecule is O=C(Nc1cccc2c1OC(c1nnn[nH]1)O2)c1ccc(OCCCCc2ccccc2)cc1. The van der Waals surface area contributed by atoms with Crippen LogP contribution < -0.4 is 19.5 Å². The minimum atomic E-state index is -0.799. The number of carbonyl (C=O) groups is 1. The molecular formula is C25H23N5O4. The maximum atomic E-state index is 12.8. The van der Waals surface area contributed by atoms with Gasteiger partial charge < -0.3 is 19.5 Å². The maximum absolute atomic E-state index is 12.8. The van der Waals surface area contributed by atoms with E-state index < -0.39 is 6.29 Å². The summed E-state index contributed by atoms with van der Waals surface area (Å²) in [6.45, 7) is 0.633. The number of para-hydroxylation sites is 1. The lowest BCUT2D eigenvalue weighted by Crippen LogP contribution is -2.13. The summed E-state index contributed by atoms with van der Waals surface area (Å²) in [6.07, 6.45) is 2.26. The number of hydrogen-bond acceptors (Lipinski definition) is 7. The lowest BCUT2D eigenvalue weighted by Gasteiger charge is -2.10. The first kappa shape index (κ1) is 21.4. The number of amides is 1. The van der Waals surface area contributed by atoms with Crippen molar-refractivity contribution in [2.75, 3.05) is 11.9 Å². The van der Waals surface area contributed by atoms with Gasteiger partial charge in [-0.2, -0.15) is 0 Å². The van der Waals surface area contributed by atoms with Gasteiger partial charge in [0.25, 0.3) is 5.91 Å². The zero-order chi connectivity index (χ0) is 23.2. The van der Waals surface area contributed by atoms with E-state index in [2.05, 4.69) is 50.2 Å². The van der Waals surface area contributed by atoms with Crippen LogP contribution in [0.2, 0.25) is 0 Å². The molecule has 0 saturated carbocycles. The standard InChI is InChI=1S/C25H23N5O4/c31-24(26-20-10-6-11-21-22(20)34-25(33-21)23-27-29-30-28-23)18-12-14-19(15-13-18)32-16-5-4-9-17-7-2-1-3-8-17/h1-3,6-8,10-15,25H,4-5,9,16H2,(H,26,31)(H,27,28,29,30). The second-order valence-electron chi connectivity index (χ2n) is 7.76. The molecule has 9 heteroatoms. The highest BCUT2D eigenvalue weighted by Gasteiger charge is 2.31. The quantitative estimate of drug-likeness (QED) is 0.360. The number of aromatic nitrogens is 4. The molecule has 1 atom stereocenters. The first-order valence-corrected chi connectivity index (χ1v) is 11.0. The third-order valence-electron chi connectivity index (χ3n) is 5.36. The molecule has 3 aromatic carbocycles. The Morgan fingerprint density at radius 2 is 1.82 bits per heavy atom. The van der Waals surface area contributed by atoms with Crippen LogP contribution in [0.5, 0.6) is 17.2 Å². The number of benzene rings is 3. The monoisotopic (exact) mass is 457 g/mol. The molecule has 0 aliphatic carbocycles. The Balaban J connectivity index is 1.13. The summed E-state index contributed by atoms with van der Waals surface area (Å²) in [5.41, 5.74) is 2.34. The van der Waals surface area contributed by atoms with Crippen LogP contribution in [-0.2, 0) is 6.42 Å². The summed E-state index contributed by atoms with van der Waals surface area (Å²) in [4.78, 5) is 12.8. The van der Waals surface area contributed by atoms with Crippen LogP contribution in [0.4, 0.5) is 5.69 Å². The van der Waals surface area contributed by atoms with Crippen LogP contribution in [0, 0.1) is 0 Å². The van der Waals surface area contributed by atoms with Crippen molar-refractivity contribution in [2.45, 2.75) is 25.6 Å². The van der Waals surface area contributed by atoms with E-state index in [1.165, 1.54) is 5.56 Å². The molecule has 1 amide bonds. The van der Waals surface area contributed by atoms with Crippen molar-refractivity contribution in [1.29, 1.82) is 0 Å². The zero-order valence-electron chi connectivity index (χ0n) is 18.3. The number of fused-ring (bicyclic) bond motifs is 1. The summed E-state index contributed by atoms with van der Waals surface area (Å²) in [6, 6.07) is 22.8. The predicted molar refractivity (Wildman–Crippen MR) is 124 cm³/mol. The second kappa shape index (κ2) is 10.0. The van der Waals surface area contributed by atoms with Gasteiger partial charge in [0.15, 0.2) is 11.5 Å². The number of nitrogens with one attached hydrogen (secondary N) is 2. The molecule has 1 aliphatic heterocycles. The Labute approximate surface area is 196 Å². The molecule has 172 valence electrons. The van der Waals surface area contributed by atoms with E-state index >= 15 is 0 Å². The van der Waals surface area contributed by atoms with Gasteiger partial charge in [-0.25, -0.2) is 5.10 Å². The molecule has 1 aromatic heterocycles. The highest BCUT2D eigenvalue weighted by molar-refractivity contribution is 6.05. The Kier molecular flexibility index (Phi) is 6.33. The highest BCUT2D eigenvalue weighted by Crippen LogP contribution is 2.44. The molecule has 0 spiro atoms. The Morgan fingerprint density at radius 3 is 2.62 bits per heavy atom. The van der Waals surface area contributed by atoms with Crippen molar-refractivity contribution in [1.82, 2.24) is 20.6 Å². The van der Waals surface area contributed by atoms with Crippen LogP contribution in [0.15, 0.2) is 72.8 Å². The van der Waals surface area contributed by atoms with E-state index in [-0.39, 0.29) is 5.91 Å². The number of hydrogen-bond donors (Lipinski definition) is 2. The zero-order valence-corrected chi connectivity index (χ0v) is 18.3. The molecule has 9 nitrogen and oxygen atoms in total. The lowest BCUT2D eigenvalue weighted by atomic mass is 10.1. The van der Waals surface area contributed by atoms with Crippen molar-refractivity contribution in [3.8, 4) is 17.2 Å². The van der Waals surface area contributed by atoms with E-state index in [1.807, 2.05) is 6.07 Å². The molecule has 0 fully saturated rings. The van der Waals surface area contributed by atoms with Gasteiger partial charge >= 0.3 is 6.29 Å². The van der Waals surface area contributed by atoms with Gasteiger partial charge in [0.1, 0.15) is 5.75 Å². The van der Waals surface area contributed by atoms with Crippen LogP contribution >= 0.6 is 0 Å². The van der Waals surface area contributed by atoms with Crippen molar-refractivity contribution >= 4 is 11.6 Å². The van der Waals surface area contributed by atoms with Gasteiger partial charge in [-0.15, -0.1) is 5.10 Å². The number of tetrazole rings is 1. The minimum absolute atomic E-state index is 0.267. The van der Waals surface area contributed by atoms with Gasteiger partial charge in [-0.1, -0.05) is 36.4 Å². The Hall–Kier alpha value is -4.40. The molecule has 0 saturated heterocycles. The molecule has 0 radical (unpaired) electrons. The average molecular weight is 457 g/mol. The average Bonchev–Trinajstić information content (AvgIpc) is 3.55. The van der Waals surface area contributed by atoms with Gasteiger partial charge in [0, 0.05) is 5.56 Å².